The highest BCUT2D eigenvalue weighted by molar-refractivity contribution is 7.99. The molecule has 1 amide bonds. The first-order valence-electron chi connectivity index (χ1n) is 9.33. The maximum absolute atomic E-state index is 12.3. The standard InChI is InChI=1S/C22H23N3O2S/c1-25-20(9-12-24-25)16-5-7-18(8-6-16)28-19-4-2-3-17(15-19)22(21(23)26)10-13-27-14-11-22/h2-9,12,15H,10-11,13-14H2,1H3,(H2,23,26). The van der Waals surface area contributed by atoms with Crippen LogP contribution in [-0.2, 0) is 22.0 Å². The van der Waals surface area contributed by atoms with Crippen molar-refractivity contribution >= 4 is 17.7 Å². The summed E-state index contributed by atoms with van der Waals surface area (Å²) in [5.41, 5.74) is 8.38. The summed E-state index contributed by atoms with van der Waals surface area (Å²) in [6.45, 7) is 1.13. The van der Waals surface area contributed by atoms with Gasteiger partial charge in [-0.1, -0.05) is 36.0 Å². The van der Waals surface area contributed by atoms with E-state index < -0.39 is 5.41 Å². The van der Waals surface area contributed by atoms with E-state index in [9.17, 15) is 4.79 Å². The van der Waals surface area contributed by atoms with Crippen molar-refractivity contribution < 1.29 is 9.53 Å². The van der Waals surface area contributed by atoms with Crippen LogP contribution in [0.2, 0.25) is 0 Å². The number of ether oxygens (including phenoxy) is 1. The number of nitrogens with two attached hydrogens (primary N) is 1. The fourth-order valence-corrected chi connectivity index (χ4v) is 4.62. The molecule has 0 spiro atoms. The molecule has 3 aromatic rings. The molecule has 2 N–H and O–H groups in total. The first-order valence-corrected chi connectivity index (χ1v) is 10.1. The zero-order valence-corrected chi connectivity index (χ0v) is 16.6. The highest BCUT2D eigenvalue weighted by Crippen LogP contribution is 2.38. The number of nitrogens with zero attached hydrogens (tertiary/aromatic N) is 2. The summed E-state index contributed by atoms with van der Waals surface area (Å²) in [5.74, 6) is -0.265. The Hall–Kier alpha value is -2.57. The third-order valence-electron chi connectivity index (χ3n) is 5.41. The Labute approximate surface area is 168 Å². The molecule has 2 aromatic carbocycles. The van der Waals surface area contributed by atoms with E-state index in [4.69, 9.17) is 10.5 Å². The monoisotopic (exact) mass is 393 g/mol. The molecule has 1 fully saturated rings. The van der Waals surface area contributed by atoms with E-state index in [-0.39, 0.29) is 5.91 Å². The molecule has 0 bridgehead atoms. The van der Waals surface area contributed by atoms with Crippen LogP contribution in [0.25, 0.3) is 11.3 Å². The summed E-state index contributed by atoms with van der Waals surface area (Å²) >= 11 is 1.68. The van der Waals surface area contributed by atoms with Crippen LogP contribution < -0.4 is 5.73 Å². The number of rotatable bonds is 5. The van der Waals surface area contributed by atoms with Crippen LogP contribution in [0.5, 0.6) is 0 Å². The Morgan fingerprint density at radius 3 is 2.50 bits per heavy atom. The average molecular weight is 394 g/mol. The number of amides is 1. The van der Waals surface area contributed by atoms with Crippen molar-refractivity contribution in [1.82, 2.24) is 9.78 Å². The first-order chi connectivity index (χ1) is 13.6. The maximum Gasteiger partial charge on any atom is 0.228 e. The van der Waals surface area contributed by atoms with Crippen molar-refractivity contribution in [3.8, 4) is 11.3 Å². The Morgan fingerprint density at radius 2 is 1.86 bits per heavy atom. The minimum Gasteiger partial charge on any atom is -0.381 e. The van der Waals surface area contributed by atoms with Gasteiger partial charge in [0.1, 0.15) is 0 Å². The molecule has 1 aliphatic rings. The first kappa shape index (κ1) is 18.8. The fourth-order valence-electron chi connectivity index (χ4n) is 3.74. The number of aryl methyl sites for hydroxylation is 1. The zero-order chi connectivity index (χ0) is 19.6. The maximum atomic E-state index is 12.3. The molecule has 1 aromatic heterocycles. The summed E-state index contributed by atoms with van der Waals surface area (Å²) < 4.78 is 7.32. The van der Waals surface area contributed by atoms with Gasteiger partial charge in [0.15, 0.2) is 0 Å². The second-order valence-electron chi connectivity index (χ2n) is 7.05. The van der Waals surface area contributed by atoms with Crippen molar-refractivity contribution in [2.45, 2.75) is 28.0 Å². The predicted octanol–water partition coefficient (Wildman–Crippen LogP) is 3.77. The quantitative estimate of drug-likeness (QED) is 0.716. The molecule has 1 saturated heterocycles. The van der Waals surface area contributed by atoms with Crippen molar-refractivity contribution in [3.63, 3.8) is 0 Å². The summed E-state index contributed by atoms with van der Waals surface area (Å²) in [6.07, 6.45) is 3.07. The number of carbonyl (C=O) groups is 1. The highest BCUT2D eigenvalue weighted by Gasteiger charge is 2.40. The van der Waals surface area contributed by atoms with Gasteiger partial charge in [0, 0.05) is 36.2 Å². The van der Waals surface area contributed by atoms with Crippen LogP contribution in [0.1, 0.15) is 18.4 Å². The largest absolute Gasteiger partial charge is 0.381 e. The van der Waals surface area contributed by atoms with Gasteiger partial charge in [-0.15, -0.1) is 0 Å². The van der Waals surface area contributed by atoms with Gasteiger partial charge in [-0.05, 0) is 54.3 Å². The van der Waals surface area contributed by atoms with E-state index >= 15 is 0 Å². The molecule has 28 heavy (non-hydrogen) atoms. The molecule has 2 heterocycles. The molecule has 4 rings (SSSR count). The molecule has 144 valence electrons. The third-order valence-corrected chi connectivity index (χ3v) is 6.41. The average Bonchev–Trinajstić information content (AvgIpc) is 3.15. The molecule has 0 radical (unpaired) electrons. The van der Waals surface area contributed by atoms with Gasteiger partial charge in [-0.2, -0.15) is 5.10 Å². The molecule has 0 saturated carbocycles. The SMILES string of the molecule is Cn1nccc1-c1ccc(Sc2cccc(C3(C(N)=O)CCOCC3)c2)cc1. The number of primary amides is 1. The molecule has 0 unspecified atom stereocenters. The molecular formula is C22H23N3O2S. The van der Waals surface area contributed by atoms with Gasteiger partial charge in [-0.3, -0.25) is 9.48 Å². The number of benzene rings is 2. The lowest BCUT2D eigenvalue weighted by Crippen LogP contribution is -2.45. The Balaban J connectivity index is 1.57. The molecule has 0 atom stereocenters. The van der Waals surface area contributed by atoms with E-state index in [2.05, 4.69) is 41.5 Å². The minimum absolute atomic E-state index is 0.265. The molecular weight excluding hydrogens is 370 g/mol. The van der Waals surface area contributed by atoms with Gasteiger partial charge in [0.05, 0.1) is 11.1 Å². The van der Waals surface area contributed by atoms with E-state index in [1.807, 2.05) is 29.9 Å². The van der Waals surface area contributed by atoms with E-state index in [0.717, 1.165) is 26.6 Å². The van der Waals surface area contributed by atoms with Gasteiger partial charge in [-0.25, -0.2) is 0 Å². The Kier molecular flexibility index (Phi) is 5.24. The molecule has 0 aliphatic carbocycles. The Morgan fingerprint density at radius 1 is 1.11 bits per heavy atom. The Bertz CT molecular complexity index is 975. The third kappa shape index (κ3) is 3.57. The lowest BCUT2D eigenvalue weighted by Gasteiger charge is -2.34. The smallest absolute Gasteiger partial charge is 0.228 e. The number of hydrogen-bond acceptors (Lipinski definition) is 4. The predicted molar refractivity (Wildman–Crippen MR) is 110 cm³/mol. The van der Waals surface area contributed by atoms with Crippen molar-refractivity contribution in [2.75, 3.05) is 13.2 Å². The van der Waals surface area contributed by atoms with Crippen LogP contribution in [0.15, 0.2) is 70.6 Å². The number of hydrogen-bond donors (Lipinski definition) is 1. The number of carbonyl (C=O) groups excluding carboxylic acids is 1. The summed E-state index contributed by atoms with van der Waals surface area (Å²) in [4.78, 5) is 14.5. The minimum atomic E-state index is -0.627. The zero-order valence-electron chi connectivity index (χ0n) is 15.8. The van der Waals surface area contributed by atoms with Gasteiger partial charge >= 0.3 is 0 Å². The fraction of sp³-hybridized carbons (Fsp3) is 0.273. The topological polar surface area (TPSA) is 70.1 Å². The molecule has 6 heteroatoms. The van der Waals surface area contributed by atoms with Gasteiger partial charge in [0.2, 0.25) is 5.91 Å². The van der Waals surface area contributed by atoms with Gasteiger partial charge < -0.3 is 10.5 Å². The van der Waals surface area contributed by atoms with Crippen molar-refractivity contribution in [2.24, 2.45) is 12.8 Å². The van der Waals surface area contributed by atoms with Crippen LogP contribution in [0, 0.1) is 0 Å². The lowest BCUT2D eigenvalue weighted by atomic mass is 9.73. The molecule has 1 aliphatic heterocycles. The van der Waals surface area contributed by atoms with Crippen molar-refractivity contribution in [1.29, 1.82) is 0 Å². The second-order valence-corrected chi connectivity index (χ2v) is 8.20. The van der Waals surface area contributed by atoms with Crippen LogP contribution in [0.3, 0.4) is 0 Å². The molecule has 5 nitrogen and oxygen atoms in total. The lowest BCUT2D eigenvalue weighted by molar-refractivity contribution is -0.127. The second kappa shape index (κ2) is 7.81. The number of aromatic nitrogens is 2. The van der Waals surface area contributed by atoms with Crippen molar-refractivity contribution in [3.05, 3.63) is 66.4 Å². The van der Waals surface area contributed by atoms with E-state index in [1.165, 1.54) is 0 Å². The van der Waals surface area contributed by atoms with Crippen LogP contribution >= 0.6 is 11.8 Å². The van der Waals surface area contributed by atoms with E-state index in [1.54, 1.807) is 18.0 Å². The van der Waals surface area contributed by atoms with Gasteiger partial charge in [0.25, 0.3) is 0 Å². The highest BCUT2D eigenvalue weighted by atomic mass is 32.2. The van der Waals surface area contributed by atoms with Crippen LogP contribution in [0.4, 0.5) is 0 Å². The van der Waals surface area contributed by atoms with E-state index in [0.29, 0.717) is 26.1 Å². The summed E-state index contributed by atoms with van der Waals surface area (Å²) in [6, 6.07) is 18.6. The summed E-state index contributed by atoms with van der Waals surface area (Å²) in [5, 5.41) is 4.22. The normalized spacial score (nSPS) is 16.0. The summed E-state index contributed by atoms with van der Waals surface area (Å²) in [7, 11) is 1.94. The van der Waals surface area contributed by atoms with Crippen LogP contribution in [-0.4, -0.2) is 28.9 Å².